The van der Waals surface area contributed by atoms with Crippen LogP contribution in [0, 0.1) is 0 Å². The summed E-state index contributed by atoms with van der Waals surface area (Å²) in [4.78, 5) is 0. The molecule has 0 saturated heterocycles. The number of rotatable bonds is 6. The highest BCUT2D eigenvalue weighted by atomic mass is 16.8. The first kappa shape index (κ1) is 10.8. The number of nitrogens with one attached hydrogen (secondary N) is 1. The summed E-state index contributed by atoms with van der Waals surface area (Å²) >= 11 is 0. The van der Waals surface area contributed by atoms with Gasteiger partial charge in [-0.2, -0.15) is 0 Å². The Bertz CT molecular complexity index is 80.7. The van der Waals surface area contributed by atoms with Crippen molar-refractivity contribution in [2.75, 3.05) is 26.8 Å². The predicted octanol–water partition coefficient (Wildman–Crippen LogP) is -0.0751. The minimum atomic E-state index is -1.46. The summed E-state index contributed by atoms with van der Waals surface area (Å²) in [5, 5.41) is 12.3. The van der Waals surface area contributed by atoms with Crippen molar-refractivity contribution in [3.8, 4) is 0 Å². The molecule has 0 aromatic rings. The molecule has 0 heterocycles. The average molecular weight is 163 g/mol. The largest absolute Gasteiger partial charge is 0.342 e. The summed E-state index contributed by atoms with van der Waals surface area (Å²) in [6, 6.07) is 0. The van der Waals surface area contributed by atoms with E-state index in [9.17, 15) is 5.11 Å². The molecule has 0 radical (unpaired) electrons. The lowest BCUT2D eigenvalue weighted by molar-refractivity contribution is -0.352. The van der Waals surface area contributed by atoms with E-state index in [1.54, 1.807) is 20.9 Å². The van der Waals surface area contributed by atoms with Crippen molar-refractivity contribution in [1.82, 2.24) is 5.32 Å². The lowest BCUT2D eigenvalue weighted by atomic mass is 10.5. The summed E-state index contributed by atoms with van der Waals surface area (Å²) in [6.45, 7) is 4.74. The highest BCUT2D eigenvalue weighted by Crippen LogP contribution is 2.06. The van der Waals surface area contributed by atoms with Gasteiger partial charge in [0.15, 0.2) is 0 Å². The molecule has 0 aliphatic carbocycles. The van der Waals surface area contributed by atoms with Crippen LogP contribution in [0.25, 0.3) is 0 Å². The fourth-order valence-corrected chi connectivity index (χ4v) is 0.818. The second-order valence-corrected chi connectivity index (χ2v) is 2.11. The van der Waals surface area contributed by atoms with Crippen molar-refractivity contribution >= 4 is 0 Å². The highest BCUT2D eigenvalue weighted by Gasteiger charge is 2.26. The van der Waals surface area contributed by atoms with Crippen molar-refractivity contribution in [2.45, 2.75) is 19.8 Å². The minimum Gasteiger partial charge on any atom is -0.342 e. The van der Waals surface area contributed by atoms with Gasteiger partial charge in [-0.3, -0.25) is 0 Å². The van der Waals surface area contributed by atoms with E-state index < -0.39 is 5.97 Å². The summed E-state index contributed by atoms with van der Waals surface area (Å²) in [5.74, 6) is -1.46. The molecule has 4 nitrogen and oxygen atoms in total. The van der Waals surface area contributed by atoms with Crippen LogP contribution >= 0.6 is 0 Å². The van der Waals surface area contributed by atoms with Gasteiger partial charge in [0.25, 0.3) is 5.97 Å². The van der Waals surface area contributed by atoms with Crippen LogP contribution in [-0.4, -0.2) is 37.9 Å². The van der Waals surface area contributed by atoms with Crippen LogP contribution in [0.15, 0.2) is 0 Å². The van der Waals surface area contributed by atoms with E-state index in [2.05, 4.69) is 5.32 Å². The molecule has 11 heavy (non-hydrogen) atoms. The van der Waals surface area contributed by atoms with Crippen LogP contribution in [0.2, 0.25) is 0 Å². The van der Waals surface area contributed by atoms with Crippen LogP contribution in [0.3, 0.4) is 0 Å². The number of aliphatic hydroxyl groups is 1. The summed E-state index contributed by atoms with van der Waals surface area (Å²) < 4.78 is 9.96. The number of likely N-dealkylation sites (N-methyl/N-ethyl adjacent to an activating group) is 1. The van der Waals surface area contributed by atoms with Gasteiger partial charge in [0.2, 0.25) is 0 Å². The number of ether oxygens (including phenoxy) is 2. The fourth-order valence-electron chi connectivity index (χ4n) is 0.818. The molecule has 0 aliphatic heterocycles. The molecular formula is C7H17NO3. The quantitative estimate of drug-likeness (QED) is 0.538. The van der Waals surface area contributed by atoms with Gasteiger partial charge in [-0.15, -0.1) is 0 Å². The molecule has 0 spiro atoms. The zero-order valence-corrected chi connectivity index (χ0v) is 7.39. The van der Waals surface area contributed by atoms with Crippen LogP contribution in [-0.2, 0) is 9.47 Å². The van der Waals surface area contributed by atoms with Gasteiger partial charge in [0.05, 0.1) is 6.54 Å². The Balaban J connectivity index is 3.79. The second-order valence-electron chi connectivity index (χ2n) is 2.11. The molecular weight excluding hydrogens is 146 g/mol. The number of hydrogen-bond donors (Lipinski definition) is 2. The molecule has 4 heteroatoms. The van der Waals surface area contributed by atoms with Gasteiger partial charge in [0.1, 0.15) is 0 Å². The van der Waals surface area contributed by atoms with Gasteiger partial charge in [-0.05, 0) is 20.9 Å². The molecule has 0 aromatic heterocycles. The van der Waals surface area contributed by atoms with Gasteiger partial charge in [-0.25, -0.2) is 0 Å². The van der Waals surface area contributed by atoms with E-state index in [-0.39, 0.29) is 6.54 Å². The Kier molecular flexibility index (Phi) is 5.41. The third-order valence-corrected chi connectivity index (χ3v) is 1.14. The molecule has 0 fully saturated rings. The van der Waals surface area contributed by atoms with Gasteiger partial charge in [-0.1, -0.05) is 0 Å². The van der Waals surface area contributed by atoms with Gasteiger partial charge >= 0.3 is 0 Å². The summed E-state index contributed by atoms with van der Waals surface area (Å²) in [7, 11) is 1.73. The maximum atomic E-state index is 9.50. The van der Waals surface area contributed by atoms with Crippen molar-refractivity contribution in [3.05, 3.63) is 0 Å². The van der Waals surface area contributed by atoms with Crippen molar-refractivity contribution in [3.63, 3.8) is 0 Å². The summed E-state index contributed by atoms with van der Waals surface area (Å²) in [6.07, 6.45) is 0. The molecule has 0 saturated carbocycles. The molecule has 0 bridgehead atoms. The van der Waals surface area contributed by atoms with Crippen molar-refractivity contribution in [2.24, 2.45) is 0 Å². The molecule has 68 valence electrons. The SMILES string of the molecule is CCOC(O)(CNC)OCC. The zero-order valence-electron chi connectivity index (χ0n) is 7.39. The molecule has 2 N–H and O–H groups in total. The third-order valence-electron chi connectivity index (χ3n) is 1.14. The van der Waals surface area contributed by atoms with Gasteiger partial charge < -0.3 is 19.9 Å². The van der Waals surface area contributed by atoms with Crippen molar-refractivity contribution < 1.29 is 14.6 Å². The third kappa shape index (κ3) is 4.31. The monoisotopic (exact) mass is 163 g/mol. The first-order valence-electron chi connectivity index (χ1n) is 3.83. The Labute approximate surface area is 67.5 Å². The fraction of sp³-hybridized carbons (Fsp3) is 1.00. The average Bonchev–Trinajstić information content (AvgIpc) is 1.88. The smallest absolute Gasteiger partial charge is 0.293 e. The molecule has 0 aliphatic rings. The Hall–Kier alpha value is -0.160. The maximum Gasteiger partial charge on any atom is 0.293 e. The van der Waals surface area contributed by atoms with Crippen LogP contribution in [0.1, 0.15) is 13.8 Å². The van der Waals surface area contributed by atoms with Crippen LogP contribution < -0.4 is 5.32 Å². The maximum absolute atomic E-state index is 9.50. The van der Waals surface area contributed by atoms with E-state index in [0.717, 1.165) is 0 Å². The van der Waals surface area contributed by atoms with E-state index >= 15 is 0 Å². The normalized spacial score (nSPS) is 12.0. The Morgan fingerprint density at radius 3 is 2.00 bits per heavy atom. The number of hydrogen-bond acceptors (Lipinski definition) is 4. The first-order chi connectivity index (χ1) is 5.18. The minimum absolute atomic E-state index is 0.272. The zero-order chi connectivity index (χ0) is 8.74. The second kappa shape index (κ2) is 5.49. The Morgan fingerprint density at radius 2 is 1.73 bits per heavy atom. The Morgan fingerprint density at radius 1 is 1.27 bits per heavy atom. The summed E-state index contributed by atoms with van der Waals surface area (Å²) in [5.41, 5.74) is 0. The molecule has 0 aromatic carbocycles. The van der Waals surface area contributed by atoms with Gasteiger partial charge in [0, 0.05) is 13.2 Å². The highest BCUT2D eigenvalue weighted by molar-refractivity contribution is 4.55. The van der Waals surface area contributed by atoms with E-state index in [1.807, 2.05) is 0 Å². The predicted molar refractivity (Wildman–Crippen MR) is 42.1 cm³/mol. The molecule has 0 rings (SSSR count). The van der Waals surface area contributed by atoms with Crippen LogP contribution in [0.5, 0.6) is 0 Å². The lowest BCUT2D eigenvalue weighted by Gasteiger charge is -2.26. The topological polar surface area (TPSA) is 50.7 Å². The van der Waals surface area contributed by atoms with E-state index in [1.165, 1.54) is 0 Å². The molecule has 0 atom stereocenters. The molecule has 0 amide bonds. The molecule has 0 unspecified atom stereocenters. The standard InChI is InChI=1S/C7H17NO3/c1-4-10-7(9,6-8-3)11-5-2/h8-9H,4-6H2,1-3H3. The lowest BCUT2D eigenvalue weighted by Crippen LogP contribution is -2.44. The van der Waals surface area contributed by atoms with E-state index in [4.69, 9.17) is 9.47 Å². The van der Waals surface area contributed by atoms with E-state index in [0.29, 0.717) is 13.2 Å². The van der Waals surface area contributed by atoms with Crippen LogP contribution in [0.4, 0.5) is 0 Å². The first-order valence-corrected chi connectivity index (χ1v) is 3.83. The van der Waals surface area contributed by atoms with Crippen molar-refractivity contribution in [1.29, 1.82) is 0 Å².